The largest absolute Gasteiger partial charge is 0.497 e. The highest BCUT2D eigenvalue weighted by molar-refractivity contribution is 7.21. The van der Waals surface area contributed by atoms with Gasteiger partial charge in [-0.15, -0.1) is 11.3 Å². The smallest absolute Gasteiger partial charge is 0.355 e. The number of ether oxygens (including phenoxy) is 2. The van der Waals surface area contributed by atoms with Gasteiger partial charge >= 0.3 is 5.97 Å². The molecular weight excluding hydrogens is 356 g/mol. The minimum atomic E-state index is -0.443. The first-order valence-corrected chi connectivity index (χ1v) is 9.08. The van der Waals surface area contributed by atoms with E-state index in [4.69, 9.17) is 21.1 Å². The number of esters is 1. The normalized spacial score (nSPS) is 11.6. The zero-order chi connectivity index (χ0) is 18.2. The molecule has 1 heterocycles. The average molecular weight is 375 g/mol. The van der Waals surface area contributed by atoms with E-state index >= 15 is 0 Å². The number of methoxy groups -OCH3 is 1. The van der Waals surface area contributed by atoms with Crippen LogP contribution in [-0.4, -0.2) is 13.1 Å². The van der Waals surface area contributed by atoms with Crippen LogP contribution >= 0.6 is 22.9 Å². The van der Waals surface area contributed by atoms with E-state index < -0.39 is 5.97 Å². The summed E-state index contributed by atoms with van der Waals surface area (Å²) in [6.45, 7) is 6.25. The second-order valence-corrected chi connectivity index (χ2v) is 8.17. The minimum Gasteiger partial charge on any atom is -0.497 e. The lowest BCUT2D eigenvalue weighted by Gasteiger charge is -2.21. The molecule has 0 unspecified atom stereocenters. The van der Waals surface area contributed by atoms with Crippen LogP contribution in [0.25, 0.3) is 10.1 Å². The van der Waals surface area contributed by atoms with Crippen molar-refractivity contribution in [2.75, 3.05) is 7.11 Å². The van der Waals surface area contributed by atoms with Crippen molar-refractivity contribution in [1.29, 1.82) is 0 Å². The van der Waals surface area contributed by atoms with E-state index in [9.17, 15) is 4.79 Å². The zero-order valence-corrected chi connectivity index (χ0v) is 16.1. The number of carbonyl (C=O) groups is 1. The highest BCUT2D eigenvalue weighted by Crippen LogP contribution is 2.38. The lowest BCUT2D eigenvalue weighted by Crippen LogP contribution is -2.16. The third kappa shape index (κ3) is 3.51. The maximum Gasteiger partial charge on any atom is 0.355 e. The summed E-state index contributed by atoms with van der Waals surface area (Å²) in [5.41, 5.74) is 0.844. The van der Waals surface area contributed by atoms with E-state index in [1.165, 1.54) is 11.3 Å². The molecule has 0 radical (unpaired) electrons. The molecule has 0 fully saturated rings. The van der Waals surface area contributed by atoms with Gasteiger partial charge in [-0.05, 0) is 29.7 Å². The van der Waals surface area contributed by atoms with Crippen LogP contribution in [0.4, 0.5) is 0 Å². The first-order valence-electron chi connectivity index (χ1n) is 7.89. The summed E-state index contributed by atoms with van der Waals surface area (Å²) in [5.74, 6) is 0.818. The van der Waals surface area contributed by atoms with Crippen molar-refractivity contribution in [3.05, 3.63) is 57.9 Å². The third-order valence-electron chi connectivity index (χ3n) is 3.92. The van der Waals surface area contributed by atoms with Gasteiger partial charge in [0.2, 0.25) is 0 Å². The Morgan fingerprint density at radius 1 is 1.12 bits per heavy atom. The van der Waals surface area contributed by atoms with Gasteiger partial charge in [0.25, 0.3) is 0 Å². The van der Waals surface area contributed by atoms with Crippen LogP contribution < -0.4 is 9.47 Å². The standard InChI is InChI=1S/C20H19ClO3S/c1-20(2,3)14-7-5-6-8-15(14)24-19(22)18-17(21)13-11-12(23-4)9-10-16(13)25-18/h5-11H,1-4H3. The monoisotopic (exact) mass is 374 g/mol. The van der Waals surface area contributed by atoms with Crippen molar-refractivity contribution in [2.24, 2.45) is 0 Å². The van der Waals surface area contributed by atoms with Crippen molar-refractivity contribution < 1.29 is 14.3 Å². The van der Waals surface area contributed by atoms with Gasteiger partial charge in [-0.2, -0.15) is 0 Å². The molecule has 0 saturated heterocycles. The minimum absolute atomic E-state index is 0.131. The van der Waals surface area contributed by atoms with Gasteiger partial charge in [0.15, 0.2) is 0 Å². The Balaban J connectivity index is 1.98. The maximum absolute atomic E-state index is 12.7. The first-order chi connectivity index (χ1) is 11.8. The Labute approximate surface area is 156 Å². The van der Waals surface area contributed by atoms with Crippen LogP contribution in [0.2, 0.25) is 5.02 Å². The summed E-state index contributed by atoms with van der Waals surface area (Å²) in [6.07, 6.45) is 0. The summed E-state index contributed by atoms with van der Waals surface area (Å²) in [4.78, 5) is 13.1. The van der Waals surface area contributed by atoms with Gasteiger partial charge in [0, 0.05) is 15.6 Å². The van der Waals surface area contributed by atoms with Gasteiger partial charge in [-0.1, -0.05) is 50.6 Å². The van der Waals surface area contributed by atoms with E-state index in [1.54, 1.807) is 7.11 Å². The van der Waals surface area contributed by atoms with Crippen molar-refractivity contribution in [2.45, 2.75) is 26.2 Å². The van der Waals surface area contributed by atoms with Gasteiger partial charge in [0.1, 0.15) is 16.4 Å². The number of hydrogen-bond acceptors (Lipinski definition) is 4. The third-order valence-corrected chi connectivity index (χ3v) is 5.57. The number of benzene rings is 2. The molecule has 3 rings (SSSR count). The number of halogens is 1. The molecule has 0 amide bonds. The molecule has 0 aliphatic heterocycles. The molecule has 0 atom stereocenters. The summed E-state index contributed by atoms with van der Waals surface area (Å²) >= 11 is 7.75. The number of hydrogen-bond donors (Lipinski definition) is 0. The zero-order valence-electron chi connectivity index (χ0n) is 14.6. The van der Waals surface area contributed by atoms with Crippen LogP contribution in [-0.2, 0) is 5.41 Å². The molecule has 0 N–H and O–H groups in total. The fraction of sp³-hybridized carbons (Fsp3) is 0.250. The van der Waals surface area contributed by atoms with E-state index in [2.05, 4.69) is 20.8 Å². The van der Waals surface area contributed by atoms with Crippen molar-refractivity contribution >= 4 is 39.0 Å². The molecule has 1 aromatic heterocycles. The molecule has 0 aliphatic rings. The van der Waals surface area contributed by atoms with E-state index in [1.807, 2.05) is 42.5 Å². The van der Waals surface area contributed by atoms with Crippen molar-refractivity contribution in [3.8, 4) is 11.5 Å². The van der Waals surface area contributed by atoms with Gasteiger partial charge in [-0.3, -0.25) is 0 Å². The molecular formula is C20H19ClO3S. The predicted molar refractivity (Wildman–Crippen MR) is 103 cm³/mol. The molecule has 25 heavy (non-hydrogen) atoms. The topological polar surface area (TPSA) is 35.5 Å². The maximum atomic E-state index is 12.7. The SMILES string of the molecule is COc1ccc2sc(C(=O)Oc3ccccc3C(C)(C)C)c(Cl)c2c1. The number of carbonyl (C=O) groups excluding carboxylic acids is 1. The Hall–Kier alpha value is -2.04. The van der Waals surface area contributed by atoms with Crippen LogP contribution in [0.15, 0.2) is 42.5 Å². The fourth-order valence-corrected chi connectivity index (χ4v) is 3.98. The van der Waals surface area contributed by atoms with E-state index in [0.29, 0.717) is 21.4 Å². The van der Waals surface area contributed by atoms with Crippen LogP contribution in [0.1, 0.15) is 36.0 Å². The highest BCUT2D eigenvalue weighted by atomic mass is 35.5. The fourth-order valence-electron chi connectivity index (χ4n) is 2.63. The molecule has 0 bridgehead atoms. The quantitative estimate of drug-likeness (QED) is 0.411. The number of rotatable bonds is 3. The highest BCUT2D eigenvalue weighted by Gasteiger charge is 2.23. The van der Waals surface area contributed by atoms with Gasteiger partial charge < -0.3 is 9.47 Å². The Morgan fingerprint density at radius 2 is 1.84 bits per heavy atom. The second kappa shape index (κ2) is 6.70. The molecule has 0 saturated carbocycles. The molecule has 5 heteroatoms. The lowest BCUT2D eigenvalue weighted by molar-refractivity contribution is 0.0737. The number of thiophene rings is 1. The van der Waals surface area contributed by atoms with Crippen LogP contribution in [0, 0.1) is 0 Å². The lowest BCUT2D eigenvalue weighted by atomic mass is 9.86. The molecule has 2 aromatic carbocycles. The first kappa shape index (κ1) is 17.8. The summed E-state index contributed by atoms with van der Waals surface area (Å²) < 4.78 is 11.8. The molecule has 0 spiro atoms. The Bertz CT molecular complexity index is 938. The predicted octanol–water partition coefficient (Wildman–Crippen LogP) is 6.08. The Morgan fingerprint density at radius 3 is 2.52 bits per heavy atom. The Kier molecular flexibility index (Phi) is 4.76. The second-order valence-electron chi connectivity index (χ2n) is 6.74. The summed E-state index contributed by atoms with van der Waals surface area (Å²) in [5, 5.41) is 1.19. The van der Waals surface area contributed by atoms with Gasteiger partial charge in [0.05, 0.1) is 12.1 Å². The molecule has 130 valence electrons. The van der Waals surface area contributed by atoms with Gasteiger partial charge in [-0.25, -0.2) is 4.79 Å². The van der Waals surface area contributed by atoms with Crippen molar-refractivity contribution in [1.82, 2.24) is 0 Å². The molecule has 3 aromatic rings. The van der Waals surface area contributed by atoms with Crippen molar-refractivity contribution in [3.63, 3.8) is 0 Å². The number of para-hydroxylation sites is 1. The number of fused-ring (bicyclic) bond motifs is 1. The van der Waals surface area contributed by atoms with E-state index in [0.717, 1.165) is 15.6 Å². The van der Waals surface area contributed by atoms with Crippen LogP contribution in [0.5, 0.6) is 11.5 Å². The summed E-state index contributed by atoms with van der Waals surface area (Å²) in [6, 6.07) is 13.1. The molecule has 3 nitrogen and oxygen atoms in total. The van der Waals surface area contributed by atoms with E-state index in [-0.39, 0.29) is 5.41 Å². The average Bonchev–Trinajstić information content (AvgIpc) is 2.91. The molecule has 0 aliphatic carbocycles. The van der Waals surface area contributed by atoms with Crippen LogP contribution in [0.3, 0.4) is 0 Å². The summed E-state index contributed by atoms with van der Waals surface area (Å²) in [7, 11) is 1.60.